The predicted octanol–water partition coefficient (Wildman–Crippen LogP) is 3.82. The van der Waals surface area contributed by atoms with E-state index in [-0.39, 0.29) is 5.91 Å². The van der Waals surface area contributed by atoms with Gasteiger partial charge in [0.15, 0.2) is 0 Å². The minimum Gasteiger partial charge on any atom is -0.370 e. The largest absolute Gasteiger partial charge is 0.370 e. The highest BCUT2D eigenvalue weighted by atomic mass is 35.5. The van der Waals surface area contributed by atoms with E-state index in [0.717, 1.165) is 18.5 Å². The Morgan fingerprint density at radius 2 is 2.05 bits per heavy atom. The summed E-state index contributed by atoms with van der Waals surface area (Å²) in [6.45, 7) is 6.48. The molecule has 0 radical (unpaired) electrons. The number of aromatic nitrogens is 2. The molecule has 0 unspecified atom stereocenters. The number of halogens is 1. The lowest BCUT2D eigenvalue weighted by Gasteiger charge is -2.10. The number of hydrogen-bond acceptors (Lipinski definition) is 4. The quantitative estimate of drug-likeness (QED) is 0.879. The zero-order valence-corrected chi connectivity index (χ0v) is 13.7. The van der Waals surface area contributed by atoms with E-state index in [4.69, 9.17) is 11.6 Å². The minimum absolute atomic E-state index is 0.282. The lowest BCUT2D eigenvalue weighted by Crippen LogP contribution is -2.16. The molecular formula is C16H19ClN4O. The zero-order chi connectivity index (χ0) is 16.1. The van der Waals surface area contributed by atoms with Gasteiger partial charge in [-0.1, -0.05) is 24.6 Å². The van der Waals surface area contributed by atoms with Gasteiger partial charge in [0.25, 0.3) is 5.91 Å². The monoisotopic (exact) mass is 318 g/mol. The van der Waals surface area contributed by atoms with Gasteiger partial charge in [-0.2, -0.15) is 0 Å². The summed E-state index contributed by atoms with van der Waals surface area (Å²) >= 11 is 6.06. The fourth-order valence-electron chi connectivity index (χ4n) is 1.96. The first-order valence-electron chi connectivity index (χ1n) is 7.17. The number of amides is 1. The molecule has 0 fully saturated rings. The maximum absolute atomic E-state index is 12.4. The molecule has 0 spiro atoms. The Balaban J connectivity index is 2.22. The van der Waals surface area contributed by atoms with Gasteiger partial charge in [-0.15, -0.1) is 0 Å². The molecule has 0 aliphatic carbocycles. The van der Waals surface area contributed by atoms with E-state index in [0.29, 0.717) is 28.0 Å². The van der Waals surface area contributed by atoms with Gasteiger partial charge in [0.2, 0.25) is 0 Å². The lowest BCUT2D eigenvalue weighted by molar-refractivity contribution is 0.102. The maximum atomic E-state index is 12.4. The highest BCUT2D eigenvalue weighted by molar-refractivity contribution is 6.31. The fourth-order valence-corrected chi connectivity index (χ4v) is 2.13. The summed E-state index contributed by atoms with van der Waals surface area (Å²) in [6.07, 6.45) is 0.978. The van der Waals surface area contributed by atoms with Gasteiger partial charge in [-0.3, -0.25) is 4.79 Å². The van der Waals surface area contributed by atoms with Crippen molar-refractivity contribution in [3.05, 3.63) is 46.4 Å². The molecule has 2 N–H and O–H groups in total. The van der Waals surface area contributed by atoms with Crippen molar-refractivity contribution in [2.24, 2.45) is 0 Å². The first-order chi connectivity index (χ1) is 10.5. The van der Waals surface area contributed by atoms with Crippen molar-refractivity contribution >= 4 is 29.0 Å². The molecule has 0 aliphatic rings. The summed E-state index contributed by atoms with van der Waals surface area (Å²) in [5.74, 6) is 0.923. The molecule has 0 atom stereocenters. The van der Waals surface area contributed by atoms with Crippen molar-refractivity contribution in [3.8, 4) is 0 Å². The van der Waals surface area contributed by atoms with Crippen molar-refractivity contribution < 1.29 is 4.79 Å². The van der Waals surface area contributed by atoms with Crippen LogP contribution in [0.1, 0.15) is 35.2 Å². The third kappa shape index (κ3) is 3.95. The first-order valence-corrected chi connectivity index (χ1v) is 7.55. The Kier molecular flexibility index (Phi) is 5.33. The number of hydrogen-bond donors (Lipinski definition) is 2. The molecule has 6 heteroatoms. The van der Waals surface area contributed by atoms with Crippen LogP contribution in [0.25, 0.3) is 0 Å². The second-order valence-corrected chi connectivity index (χ2v) is 5.39. The number of nitrogens with one attached hydrogen (secondary N) is 2. The van der Waals surface area contributed by atoms with Crippen LogP contribution in [0, 0.1) is 13.8 Å². The van der Waals surface area contributed by atoms with Crippen molar-refractivity contribution in [2.45, 2.75) is 27.2 Å². The summed E-state index contributed by atoms with van der Waals surface area (Å²) in [7, 11) is 0. The normalized spacial score (nSPS) is 10.4. The molecule has 5 nitrogen and oxygen atoms in total. The van der Waals surface area contributed by atoms with Crippen molar-refractivity contribution in [3.63, 3.8) is 0 Å². The third-order valence-corrected chi connectivity index (χ3v) is 3.55. The van der Waals surface area contributed by atoms with Gasteiger partial charge in [-0.25, -0.2) is 9.97 Å². The topological polar surface area (TPSA) is 66.9 Å². The fraction of sp³-hybridized carbons (Fsp3) is 0.312. The van der Waals surface area contributed by atoms with E-state index in [9.17, 15) is 4.79 Å². The van der Waals surface area contributed by atoms with E-state index in [2.05, 4.69) is 27.5 Å². The molecule has 0 saturated heterocycles. The van der Waals surface area contributed by atoms with Crippen LogP contribution in [0.3, 0.4) is 0 Å². The molecule has 0 bridgehead atoms. The van der Waals surface area contributed by atoms with Crippen LogP contribution in [-0.4, -0.2) is 22.4 Å². The van der Waals surface area contributed by atoms with E-state index in [1.54, 1.807) is 25.1 Å². The van der Waals surface area contributed by atoms with Gasteiger partial charge in [0.1, 0.15) is 17.3 Å². The van der Waals surface area contributed by atoms with E-state index in [1.807, 2.05) is 13.0 Å². The number of benzene rings is 1. The second-order valence-electron chi connectivity index (χ2n) is 4.98. The molecule has 1 heterocycles. The standard InChI is InChI=1S/C16H19ClN4O/c1-4-8-18-15-9-14(19-11(3)20-15)16(22)21-13-7-5-6-12(17)10(13)2/h5-7,9H,4,8H2,1-3H3,(H,21,22)(H,18,19,20). The van der Waals surface area contributed by atoms with Crippen LogP contribution >= 0.6 is 11.6 Å². The molecule has 2 aromatic rings. The van der Waals surface area contributed by atoms with Gasteiger partial charge in [0.05, 0.1) is 0 Å². The highest BCUT2D eigenvalue weighted by Crippen LogP contribution is 2.23. The molecule has 1 aromatic carbocycles. The summed E-state index contributed by atoms with van der Waals surface area (Å²) < 4.78 is 0. The summed E-state index contributed by atoms with van der Waals surface area (Å²) in [5.41, 5.74) is 1.83. The zero-order valence-electron chi connectivity index (χ0n) is 12.9. The Morgan fingerprint density at radius 1 is 1.27 bits per heavy atom. The summed E-state index contributed by atoms with van der Waals surface area (Å²) in [6, 6.07) is 7.04. The van der Waals surface area contributed by atoms with E-state index >= 15 is 0 Å². The number of carbonyl (C=O) groups is 1. The van der Waals surface area contributed by atoms with Crippen molar-refractivity contribution in [1.29, 1.82) is 0 Å². The Morgan fingerprint density at radius 3 is 2.77 bits per heavy atom. The molecule has 1 aromatic heterocycles. The number of rotatable bonds is 5. The third-order valence-electron chi connectivity index (χ3n) is 3.14. The maximum Gasteiger partial charge on any atom is 0.274 e. The SMILES string of the molecule is CCCNc1cc(C(=O)Nc2cccc(Cl)c2C)nc(C)n1. The lowest BCUT2D eigenvalue weighted by atomic mass is 10.2. The number of nitrogens with zero attached hydrogens (tertiary/aromatic N) is 2. The van der Waals surface area contributed by atoms with Crippen LogP contribution in [0.5, 0.6) is 0 Å². The Bertz CT molecular complexity index is 688. The van der Waals surface area contributed by atoms with Gasteiger partial charge in [0, 0.05) is 23.3 Å². The smallest absolute Gasteiger partial charge is 0.274 e. The molecule has 1 amide bonds. The highest BCUT2D eigenvalue weighted by Gasteiger charge is 2.12. The summed E-state index contributed by atoms with van der Waals surface area (Å²) in [4.78, 5) is 20.8. The number of carbonyl (C=O) groups excluding carboxylic acids is 1. The van der Waals surface area contributed by atoms with Crippen LogP contribution in [-0.2, 0) is 0 Å². The molecule has 22 heavy (non-hydrogen) atoms. The van der Waals surface area contributed by atoms with Gasteiger partial charge >= 0.3 is 0 Å². The molecule has 0 saturated carbocycles. The number of anilines is 2. The van der Waals surface area contributed by atoms with Gasteiger partial charge < -0.3 is 10.6 Å². The van der Waals surface area contributed by atoms with E-state index < -0.39 is 0 Å². The van der Waals surface area contributed by atoms with Crippen LogP contribution in [0.4, 0.5) is 11.5 Å². The average molecular weight is 319 g/mol. The molecule has 116 valence electrons. The van der Waals surface area contributed by atoms with Crippen LogP contribution < -0.4 is 10.6 Å². The second kappa shape index (κ2) is 7.22. The summed E-state index contributed by atoms with van der Waals surface area (Å²) in [5, 5.41) is 6.61. The van der Waals surface area contributed by atoms with Crippen LogP contribution in [0.2, 0.25) is 5.02 Å². The Labute approximate surface area is 135 Å². The van der Waals surface area contributed by atoms with E-state index in [1.165, 1.54) is 0 Å². The predicted molar refractivity (Wildman–Crippen MR) is 89.7 cm³/mol. The minimum atomic E-state index is -0.282. The molecule has 0 aliphatic heterocycles. The first kappa shape index (κ1) is 16.2. The van der Waals surface area contributed by atoms with Crippen LogP contribution in [0.15, 0.2) is 24.3 Å². The average Bonchev–Trinajstić information content (AvgIpc) is 2.49. The van der Waals surface area contributed by atoms with Gasteiger partial charge in [-0.05, 0) is 38.0 Å². The molecule has 2 rings (SSSR count). The Hall–Kier alpha value is -2.14. The van der Waals surface area contributed by atoms with Crippen molar-refractivity contribution in [1.82, 2.24) is 9.97 Å². The molecular weight excluding hydrogens is 300 g/mol. The number of aryl methyl sites for hydroxylation is 1. The van der Waals surface area contributed by atoms with Crippen molar-refractivity contribution in [2.75, 3.05) is 17.2 Å².